The lowest BCUT2D eigenvalue weighted by Crippen LogP contribution is -2.41. The third-order valence-corrected chi connectivity index (χ3v) is 6.20. The van der Waals surface area contributed by atoms with Crippen LogP contribution in [0.4, 0.5) is 10.2 Å². The maximum absolute atomic E-state index is 13.7. The van der Waals surface area contributed by atoms with E-state index in [0.29, 0.717) is 51.4 Å². The number of anilines is 1. The van der Waals surface area contributed by atoms with Gasteiger partial charge < -0.3 is 14.5 Å². The van der Waals surface area contributed by atoms with Gasteiger partial charge in [-0.15, -0.1) is 0 Å². The van der Waals surface area contributed by atoms with Gasteiger partial charge in [-0.1, -0.05) is 42.5 Å². The Hall–Kier alpha value is -3.32. The van der Waals surface area contributed by atoms with Crippen LogP contribution in [-0.4, -0.2) is 53.6 Å². The molecule has 1 amide bonds. The van der Waals surface area contributed by atoms with Gasteiger partial charge in [0, 0.05) is 38.0 Å². The average molecular weight is 447 g/mol. The van der Waals surface area contributed by atoms with Crippen LogP contribution in [0.1, 0.15) is 28.2 Å². The fourth-order valence-electron chi connectivity index (χ4n) is 4.49. The van der Waals surface area contributed by atoms with Crippen LogP contribution in [-0.2, 0) is 35.3 Å². The number of benzene rings is 2. The summed E-state index contributed by atoms with van der Waals surface area (Å²) in [6.45, 7) is 3.94. The molecule has 1 fully saturated rings. The highest BCUT2D eigenvalue weighted by molar-refractivity contribution is 5.79. The number of ether oxygens (including phenoxy) is 1. The predicted molar refractivity (Wildman–Crippen MR) is 124 cm³/mol. The molecule has 2 aliphatic heterocycles. The number of carbonyl (C=O) groups excluding carboxylic acids is 1. The van der Waals surface area contributed by atoms with Crippen LogP contribution in [0.3, 0.4) is 0 Å². The highest BCUT2D eigenvalue weighted by Gasteiger charge is 2.28. The number of hydrogen-bond donors (Lipinski definition) is 0. The van der Waals surface area contributed by atoms with Gasteiger partial charge in [0.25, 0.3) is 0 Å². The van der Waals surface area contributed by atoms with Crippen LogP contribution in [0.25, 0.3) is 0 Å². The van der Waals surface area contributed by atoms with Gasteiger partial charge in [0.1, 0.15) is 17.5 Å². The predicted octanol–water partition coefficient (Wildman–Crippen LogP) is 3.17. The molecule has 0 atom stereocenters. The second-order valence-corrected chi connectivity index (χ2v) is 8.52. The van der Waals surface area contributed by atoms with Gasteiger partial charge >= 0.3 is 0 Å². The van der Waals surface area contributed by atoms with Crippen LogP contribution < -0.4 is 4.90 Å². The SMILES string of the molecule is O=C(Cc1ccccc1)N1CCc2nc(Cc3cccc(F)c3)nc(N3CCOCC3)c2C1. The number of fused-ring (bicyclic) bond motifs is 1. The van der Waals surface area contributed by atoms with Crippen molar-refractivity contribution in [1.29, 1.82) is 0 Å². The van der Waals surface area contributed by atoms with Crippen molar-refractivity contribution in [2.45, 2.75) is 25.8 Å². The van der Waals surface area contributed by atoms with E-state index in [9.17, 15) is 9.18 Å². The van der Waals surface area contributed by atoms with E-state index in [0.717, 1.165) is 41.3 Å². The number of nitrogens with zero attached hydrogens (tertiary/aromatic N) is 4. The molecule has 0 spiro atoms. The minimum Gasteiger partial charge on any atom is -0.378 e. The first kappa shape index (κ1) is 21.5. The van der Waals surface area contributed by atoms with Crippen LogP contribution >= 0.6 is 0 Å². The number of rotatable bonds is 5. The summed E-state index contributed by atoms with van der Waals surface area (Å²) in [6.07, 6.45) is 1.55. The maximum atomic E-state index is 13.7. The zero-order chi connectivity index (χ0) is 22.6. The van der Waals surface area contributed by atoms with Crippen LogP contribution in [0.2, 0.25) is 0 Å². The van der Waals surface area contributed by atoms with E-state index in [2.05, 4.69) is 4.90 Å². The van der Waals surface area contributed by atoms with Gasteiger partial charge in [-0.25, -0.2) is 14.4 Å². The second-order valence-electron chi connectivity index (χ2n) is 8.52. The normalized spacial score (nSPS) is 15.9. The third kappa shape index (κ3) is 5.03. The number of morpholine rings is 1. The van der Waals surface area contributed by atoms with Crippen molar-refractivity contribution in [2.75, 3.05) is 37.7 Å². The molecule has 1 saturated heterocycles. The minimum absolute atomic E-state index is 0.114. The summed E-state index contributed by atoms with van der Waals surface area (Å²) in [4.78, 5) is 26.9. The Labute approximate surface area is 193 Å². The highest BCUT2D eigenvalue weighted by atomic mass is 19.1. The summed E-state index contributed by atoms with van der Waals surface area (Å²) >= 11 is 0. The molecule has 170 valence electrons. The first-order valence-corrected chi connectivity index (χ1v) is 11.4. The zero-order valence-corrected chi connectivity index (χ0v) is 18.5. The topological polar surface area (TPSA) is 58.6 Å². The van der Waals surface area contributed by atoms with E-state index >= 15 is 0 Å². The molecule has 7 heteroatoms. The van der Waals surface area contributed by atoms with Crippen LogP contribution in [0, 0.1) is 5.82 Å². The first-order valence-electron chi connectivity index (χ1n) is 11.4. The van der Waals surface area contributed by atoms with E-state index in [1.807, 2.05) is 41.3 Å². The average Bonchev–Trinajstić information content (AvgIpc) is 2.84. The lowest BCUT2D eigenvalue weighted by atomic mass is 10.0. The summed E-state index contributed by atoms with van der Waals surface area (Å²) in [5, 5.41) is 0. The number of carbonyl (C=O) groups is 1. The Balaban J connectivity index is 1.42. The number of hydrogen-bond acceptors (Lipinski definition) is 5. The molecule has 3 heterocycles. The number of aromatic nitrogens is 2. The Morgan fingerprint density at radius 1 is 0.970 bits per heavy atom. The van der Waals surface area contributed by atoms with E-state index < -0.39 is 0 Å². The molecule has 6 nitrogen and oxygen atoms in total. The lowest BCUT2D eigenvalue weighted by molar-refractivity contribution is -0.131. The lowest BCUT2D eigenvalue weighted by Gasteiger charge is -2.34. The molecule has 0 N–H and O–H groups in total. The van der Waals surface area contributed by atoms with Crippen molar-refractivity contribution >= 4 is 11.7 Å². The summed E-state index contributed by atoms with van der Waals surface area (Å²) in [6, 6.07) is 16.4. The van der Waals surface area contributed by atoms with E-state index in [1.54, 1.807) is 6.07 Å². The highest BCUT2D eigenvalue weighted by Crippen LogP contribution is 2.28. The summed E-state index contributed by atoms with van der Waals surface area (Å²) in [5.41, 5.74) is 3.87. The molecular formula is C26H27FN4O2. The molecule has 0 saturated carbocycles. The minimum atomic E-state index is -0.258. The van der Waals surface area contributed by atoms with Crippen molar-refractivity contribution in [3.05, 3.63) is 88.6 Å². The van der Waals surface area contributed by atoms with Crippen molar-refractivity contribution in [3.8, 4) is 0 Å². The van der Waals surface area contributed by atoms with Gasteiger partial charge in [0.05, 0.1) is 31.9 Å². The van der Waals surface area contributed by atoms with E-state index in [4.69, 9.17) is 14.7 Å². The van der Waals surface area contributed by atoms with Crippen molar-refractivity contribution < 1.29 is 13.9 Å². The van der Waals surface area contributed by atoms with Crippen LogP contribution in [0.5, 0.6) is 0 Å². The number of halogens is 1. The Kier molecular flexibility index (Phi) is 6.30. The smallest absolute Gasteiger partial charge is 0.227 e. The number of amides is 1. The molecule has 3 aromatic rings. The van der Waals surface area contributed by atoms with Crippen LogP contribution in [0.15, 0.2) is 54.6 Å². The van der Waals surface area contributed by atoms with Gasteiger partial charge in [-0.2, -0.15) is 0 Å². The molecule has 0 unspecified atom stereocenters. The molecule has 1 aromatic heterocycles. The van der Waals surface area contributed by atoms with Gasteiger partial charge in [-0.3, -0.25) is 4.79 Å². The van der Waals surface area contributed by atoms with Crippen molar-refractivity contribution in [3.63, 3.8) is 0 Å². The monoisotopic (exact) mass is 446 g/mol. The molecule has 5 rings (SSSR count). The Morgan fingerprint density at radius 3 is 2.55 bits per heavy atom. The molecule has 2 aromatic carbocycles. The van der Waals surface area contributed by atoms with Crippen molar-refractivity contribution in [2.24, 2.45) is 0 Å². The molecular weight excluding hydrogens is 419 g/mol. The quantitative estimate of drug-likeness (QED) is 0.603. The largest absolute Gasteiger partial charge is 0.378 e. The fraction of sp³-hybridized carbons (Fsp3) is 0.346. The summed E-state index contributed by atoms with van der Waals surface area (Å²) in [7, 11) is 0. The van der Waals surface area contributed by atoms with E-state index in [-0.39, 0.29) is 11.7 Å². The van der Waals surface area contributed by atoms with Gasteiger partial charge in [0.2, 0.25) is 5.91 Å². The maximum Gasteiger partial charge on any atom is 0.227 e. The molecule has 33 heavy (non-hydrogen) atoms. The third-order valence-electron chi connectivity index (χ3n) is 6.20. The Morgan fingerprint density at radius 2 is 1.76 bits per heavy atom. The van der Waals surface area contributed by atoms with Gasteiger partial charge in [0.15, 0.2) is 0 Å². The fourth-order valence-corrected chi connectivity index (χ4v) is 4.49. The molecule has 0 aliphatic carbocycles. The standard InChI is InChI=1S/C26H27FN4O2/c27-21-8-4-7-20(15-21)16-24-28-23-9-10-31(25(32)17-19-5-2-1-3-6-19)18-22(23)26(29-24)30-11-13-33-14-12-30/h1-8,15H,9-14,16-18H2. The summed E-state index contributed by atoms with van der Waals surface area (Å²) in [5.74, 6) is 1.42. The van der Waals surface area contributed by atoms with E-state index in [1.165, 1.54) is 12.1 Å². The van der Waals surface area contributed by atoms with Gasteiger partial charge in [-0.05, 0) is 23.3 Å². The zero-order valence-electron chi connectivity index (χ0n) is 18.5. The Bertz CT molecular complexity index is 1130. The molecule has 0 bridgehead atoms. The molecule has 0 radical (unpaired) electrons. The second kappa shape index (κ2) is 9.67. The molecule has 2 aliphatic rings. The first-order chi connectivity index (χ1) is 16.2. The van der Waals surface area contributed by atoms with Crippen molar-refractivity contribution in [1.82, 2.24) is 14.9 Å². The summed E-state index contributed by atoms with van der Waals surface area (Å²) < 4.78 is 19.2.